The van der Waals surface area contributed by atoms with Crippen LogP contribution < -0.4 is 10.6 Å². The lowest BCUT2D eigenvalue weighted by Crippen LogP contribution is -2.25. The van der Waals surface area contributed by atoms with E-state index >= 15 is 0 Å². The van der Waals surface area contributed by atoms with Crippen LogP contribution in [0.25, 0.3) is 22.3 Å². The number of carbonyl (C=O) groups excluding carboxylic acids is 2. The maximum absolute atomic E-state index is 13.6. The van der Waals surface area contributed by atoms with E-state index in [4.69, 9.17) is 4.98 Å². The van der Waals surface area contributed by atoms with E-state index in [-0.39, 0.29) is 17.9 Å². The molecule has 37 heavy (non-hydrogen) atoms. The molecule has 8 nitrogen and oxygen atoms in total. The number of hydrogen-bond donors (Lipinski definition) is 2. The molecule has 5 aromatic rings. The Morgan fingerprint density at radius 1 is 0.919 bits per heavy atom. The molecule has 1 fully saturated rings. The number of benzene rings is 2. The van der Waals surface area contributed by atoms with Crippen molar-refractivity contribution in [1.29, 1.82) is 0 Å². The molecule has 0 unspecified atom stereocenters. The normalized spacial score (nSPS) is 12.9. The summed E-state index contributed by atoms with van der Waals surface area (Å²) in [6.45, 7) is 0.497. The molecule has 1 aliphatic carbocycles. The van der Waals surface area contributed by atoms with Gasteiger partial charge in [0.25, 0.3) is 11.8 Å². The Morgan fingerprint density at radius 3 is 2.51 bits per heavy atom. The van der Waals surface area contributed by atoms with Gasteiger partial charge in [-0.2, -0.15) is 5.10 Å². The quantitative estimate of drug-likeness (QED) is 0.346. The number of pyridine rings is 2. The van der Waals surface area contributed by atoms with Crippen molar-refractivity contribution < 1.29 is 9.59 Å². The van der Waals surface area contributed by atoms with Crippen molar-refractivity contribution >= 4 is 28.5 Å². The third kappa shape index (κ3) is 4.95. The van der Waals surface area contributed by atoms with Crippen molar-refractivity contribution in [1.82, 2.24) is 25.1 Å². The number of nitrogens with one attached hydrogen (secondary N) is 2. The summed E-state index contributed by atoms with van der Waals surface area (Å²) in [5.74, 6) is -0.429. The van der Waals surface area contributed by atoms with E-state index in [1.165, 1.54) is 0 Å². The molecule has 1 saturated carbocycles. The van der Waals surface area contributed by atoms with E-state index < -0.39 is 0 Å². The Bertz CT molecular complexity index is 1590. The SMILES string of the molecule is O=C(NC1CC1)c1cccc(NC(=O)c2cc(-c3ccccc3)nc3c2cnn3Cc2ccncc2)c1. The fourth-order valence-electron chi connectivity index (χ4n) is 4.20. The molecule has 3 aromatic heterocycles. The molecule has 8 heteroatoms. The molecule has 2 N–H and O–H groups in total. The second-order valence-corrected chi connectivity index (χ2v) is 9.10. The minimum Gasteiger partial charge on any atom is -0.349 e. The first kappa shape index (κ1) is 22.6. The fraction of sp³-hybridized carbons (Fsp3) is 0.138. The molecule has 2 amide bonds. The van der Waals surface area contributed by atoms with Gasteiger partial charge < -0.3 is 10.6 Å². The predicted molar refractivity (Wildman–Crippen MR) is 141 cm³/mol. The molecule has 0 bridgehead atoms. The topological polar surface area (TPSA) is 102 Å². The first-order valence-corrected chi connectivity index (χ1v) is 12.2. The summed E-state index contributed by atoms with van der Waals surface area (Å²) >= 11 is 0. The highest BCUT2D eigenvalue weighted by molar-refractivity contribution is 6.13. The largest absolute Gasteiger partial charge is 0.349 e. The summed E-state index contributed by atoms with van der Waals surface area (Å²) in [7, 11) is 0. The number of rotatable bonds is 7. The lowest BCUT2D eigenvalue weighted by Gasteiger charge is -2.11. The maximum atomic E-state index is 13.6. The van der Waals surface area contributed by atoms with Gasteiger partial charge in [0, 0.05) is 35.2 Å². The van der Waals surface area contributed by atoms with Gasteiger partial charge in [-0.15, -0.1) is 0 Å². The molecular weight excluding hydrogens is 464 g/mol. The maximum Gasteiger partial charge on any atom is 0.256 e. The molecule has 6 rings (SSSR count). The lowest BCUT2D eigenvalue weighted by atomic mass is 10.1. The number of nitrogens with zero attached hydrogens (tertiary/aromatic N) is 4. The summed E-state index contributed by atoms with van der Waals surface area (Å²) < 4.78 is 1.79. The van der Waals surface area contributed by atoms with Crippen LogP contribution in [0.2, 0.25) is 0 Å². The molecule has 182 valence electrons. The van der Waals surface area contributed by atoms with Crippen molar-refractivity contribution in [2.75, 3.05) is 5.32 Å². The highest BCUT2D eigenvalue weighted by Gasteiger charge is 2.24. The molecule has 0 atom stereocenters. The van der Waals surface area contributed by atoms with Crippen molar-refractivity contribution in [2.45, 2.75) is 25.4 Å². The van der Waals surface area contributed by atoms with E-state index in [0.29, 0.717) is 40.1 Å². The molecule has 3 heterocycles. The molecule has 1 aliphatic rings. The molecule has 0 spiro atoms. The van der Waals surface area contributed by atoms with E-state index in [1.54, 1.807) is 53.6 Å². The van der Waals surface area contributed by atoms with Crippen LogP contribution in [0.1, 0.15) is 39.1 Å². The number of anilines is 1. The van der Waals surface area contributed by atoms with Crippen molar-refractivity contribution in [3.8, 4) is 11.3 Å². The van der Waals surface area contributed by atoms with Crippen LogP contribution in [0.4, 0.5) is 5.69 Å². The van der Waals surface area contributed by atoms with E-state index in [0.717, 1.165) is 24.0 Å². The van der Waals surface area contributed by atoms with E-state index in [1.807, 2.05) is 42.5 Å². The summed E-state index contributed by atoms with van der Waals surface area (Å²) in [6, 6.07) is 22.6. The first-order valence-electron chi connectivity index (χ1n) is 12.2. The second-order valence-electron chi connectivity index (χ2n) is 9.10. The van der Waals surface area contributed by atoms with Crippen LogP contribution in [0.3, 0.4) is 0 Å². The Labute approximate surface area is 213 Å². The van der Waals surface area contributed by atoms with E-state index in [9.17, 15) is 9.59 Å². The minimum absolute atomic E-state index is 0.131. The zero-order valence-corrected chi connectivity index (χ0v) is 20.0. The highest BCUT2D eigenvalue weighted by Crippen LogP contribution is 2.26. The van der Waals surface area contributed by atoms with Crippen molar-refractivity contribution in [2.24, 2.45) is 0 Å². The number of hydrogen-bond acceptors (Lipinski definition) is 5. The van der Waals surface area contributed by atoms with Gasteiger partial charge in [-0.25, -0.2) is 9.67 Å². The average Bonchev–Trinajstić information content (AvgIpc) is 3.67. The smallest absolute Gasteiger partial charge is 0.256 e. The zero-order chi connectivity index (χ0) is 25.2. The average molecular weight is 489 g/mol. The van der Waals surface area contributed by atoms with Crippen LogP contribution in [-0.2, 0) is 6.54 Å². The Morgan fingerprint density at radius 2 is 1.73 bits per heavy atom. The van der Waals surface area contributed by atoms with E-state index in [2.05, 4.69) is 20.7 Å². The number of amides is 2. The van der Waals surface area contributed by atoms with Gasteiger partial charge >= 0.3 is 0 Å². The van der Waals surface area contributed by atoms with Crippen molar-refractivity contribution in [3.05, 3.63) is 108 Å². The molecule has 0 saturated heterocycles. The van der Waals surface area contributed by atoms with Gasteiger partial charge in [-0.1, -0.05) is 36.4 Å². The van der Waals surface area contributed by atoms with Gasteiger partial charge in [0.2, 0.25) is 0 Å². The lowest BCUT2D eigenvalue weighted by molar-refractivity contribution is 0.0949. The van der Waals surface area contributed by atoms with Gasteiger partial charge in [-0.3, -0.25) is 14.6 Å². The molecule has 2 aromatic carbocycles. The fourth-order valence-corrected chi connectivity index (χ4v) is 4.20. The van der Waals surface area contributed by atoms with Gasteiger partial charge in [0.15, 0.2) is 5.65 Å². The van der Waals surface area contributed by atoms with Gasteiger partial charge in [-0.05, 0) is 54.8 Å². The van der Waals surface area contributed by atoms with Gasteiger partial charge in [0.1, 0.15) is 0 Å². The summed E-state index contributed by atoms with van der Waals surface area (Å²) in [6.07, 6.45) is 7.17. The monoisotopic (exact) mass is 488 g/mol. The van der Waals surface area contributed by atoms with Crippen LogP contribution >= 0.6 is 0 Å². The Hall–Kier alpha value is -4.85. The number of carbonyl (C=O) groups is 2. The minimum atomic E-state index is -0.298. The van der Waals surface area contributed by atoms with Crippen LogP contribution in [0, 0.1) is 0 Å². The molecular formula is C29H24N6O2. The van der Waals surface area contributed by atoms with Crippen LogP contribution in [0.5, 0.6) is 0 Å². The Balaban J connectivity index is 1.36. The zero-order valence-electron chi connectivity index (χ0n) is 20.0. The van der Waals surface area contributed by atoms with Crippen LogP contribution in [-0.4, -0.2) is 37.6 Å². The first-order chi connectivity index (χ1) is 18.1. The Kier molecular flexibility index (Phi) is 5.90. The third-order valence-corrected chi connectivity index (χ3v) is 6.30. The third-order valence-electron chi connectivity index (χ3n) is 6.30. The predicted octanol–water partition coefficient (Wildman–Crippen LogP) is 4.69. The summed E-state index contributed by atoms with van der Waals surface area (Å²) in [4.78, 5) is 35.0. The standard InChI is InChI=1S/C29H24N6O2/c36-28(32-22-9-10-22)21-7-4-8-23(15-21)33-29(37)24-16-26(20-5-2-1-3-6-20)34-27-25(24)17-31-35(27)18-19-11-13-30-14-12-19/h1-8,11-17,22H,9-10,18H2,(H,32,36)(H,33,37). The van der Waals surface area contributed by atoms with Crippen molar-refractivity contribution in [3.63, 3.8) is 0 Å². The van der Waals surface area contributed by atoms with Crippen LogP contribution in [0.15, 0.2) is 91.4 Å². The molecule has 0 radical (unpaired) electrons. The molecule has 0 aliphatic heterocycles. The number of fused-ring (bicyclic) bond motifs is 1. The number of aromatic nitrogens is 4. The van der Waals surface area contributed by atoms with Gasteiger partial charge in [0.05, 0.1) is 29.4 Å². The second kappa shape index (κ2) is 9.66. The summed E-state index contributed by atoms with van der Waals surface area (Å²) in [5, 5.41) is 11.1. The highest BCUT2D eigenvalue weighted by atomic mass is 16.2. The summed E-state index contributed by atoms with van der Waals surface area (Å²) in [5.41, 5.74) is 4.72.